The summed E-state index contributed by atoms with van der Waals surface area (Å²) in [6.07, 6.45) is 1.45. The summed E-state index contributed by atoms with van der Waals surface area (Å²) in [6.45, 7) is 1.70. The van der Waals surface area contributed by atoms with Gasteiger partial charge in [0.1, 0.15) is 16.2 Å². The number of oxazole rings is 1. The second-order valence-corrected chi connectivity index (χ2v) is 6.49. The molecule has 2 aromatic carbocycles. The van der Waals surface area contributed by atoms with Crippen molar-refractivity contribution in [1.29, 1.82) is 0 Å². The number of carboxylic acid groups (broad SMARTS) is 1. The van der Waals surface area contributed by atoms with Crippen LogP contribution in [0.4, 0.5) is 0 Å². The predicted octanol–water partition coefficient (Wildman–Crippen LogP) is 3.99. The molecule has 0 amide bonds. The van der Waals surface area contributed by atoms with Crippen molar-refractivity contribution in [2.45, 2.75) is 12.1 Å². The van der Waals surface area contributed by atoms with Gasteiger partial charge in [-0.2, -0.15) is 0 Å². The van der Waals surface area contributed by atoms with Crippen LogP contribution in [-0.4, -0.2) is 35.2 Å². The lowest BCUT2D eigenvalue weighted by Crippen LogP contribution is -2.14. The molecule has 0 fully saturated rings. The average molecular weight is 399 g/mol. The van der Waals surface area contributed by atoms with Gasteiger partial charge < -0.3 is 19.0 Å². The number of hydrogen-bond acceptors (Lipinski definition) is 7. The highest BCUT2D eigenvalue weighted by atomic mass is 32.2. The summed E-state index contributed by atoms with van der Waals surface area (Å²) in [6, 6.07) is 14.0. The fraction of sp³-hybridized carbons (Fsp3) is 0.150. The Hall–Kier alpha value is -3.26. The van der Waals surface area contributed by atoms with Gasteiger partial charge in [-0.05, 0) is 43.0 Å². The summed E-state index contributed by atoms with van der Waals surface area (Å²) >= 11 is 0.895. The molecular formula is C20H17NO6S. The van der Waals surface area contributed by atoms with E-state index in [9.17, 15) is 14.7 Å². The Kier molecular flexibility index (Phi) is 6.33. The topological polar surface area (TPSA) is 98.9 Å². The lowest BCUT2D eigenvalue weighted by molar-refractivity contribution is -0.145. The molecule has 0 saturated carbocycles. The molecule has 0 aliphatic heterocycles. The van der Waals surface area contributed by atoms with Crippen LogP contribution in [0.3, 0.4) is 0 Å². The van der Waals surface area contributed by atoms with Crippen LogP contribution in [0.5, 0.6) is 5.75 Å². The third kappa shape index (κ3) is 4.92. The summed E-state index contributed by atoms with van der Waals surface area (Å²) < 4.78 is 15.9. The monoisotopic (exact) mass is 399 g/mol. The molecule has 28 heavy (non-hydrogen) atoms. The Bertz CT molecular complexity index is 993. The van der Waals surface area contributed by atoms with E-state index in [1.807, 2.05) is 12.1 Å². The number of nitrogens with zero attached hydrogens (tertiary/aromatic N) is 1. The first-order valence-electron chi connectivity index (χ1n) is 8.42. The number of para-hydroxylation sites is 3. The van der Waals surface area contributed by atoms with Crippen LogP contribution in [0, 0.1) is 0 Å². The van der Waals surface area contributed by atoms with Gasteiger partial charge in [0.05, 0.1) is 6.61 Å². The molecule has 8 heteroatoms. The minimum absolute atomic E-state index is 0.00117. The zero-order valence-corrected chi connectivity index (χ0v) is 15.8. The largest absolute Gasteiger partial charge is 0.481 e. The maximum absolute atomic E-state index is 11.7. The Morgan fingerprint density at radius 2 is 1.93 bits per heavy atom. The number of fused-ring (bicyclic) bond motifs is 1. The number of hydrogen-bond donors (Lipinski definition) is 1. The number of aromatic nitrogens is 1. The van der Waals surface area contributed by atoms with Gasteiger partial charge >= 0.3 is 11.9 Å². The van der Waals surface area contributed by atoms with Gasteiger partial charge in [0.15, 0.2) is 12.2 Å². The molecule has 0 aliphatic rings. The molecule has 1 aromatic heterocycles. The number of aliphatic carboxylic acids is 1. The Morgan fingerprint density at radius 1 is 1.18 bits per heavy atom. The van der Waals surface area contributed by atoms with E-state index in [1.165, 1.54) is 6.08 Å². The van der Waals surface area contributed by atoms with Crippen molar-refractivity contribution >= 4 is 40.9 Å². The summed E-state index contributed by atoms with van der Waals surface area (Å²) in [5.41, 5.74) is 1.73. The molecule has 0 saturated heterocycles. The normalized spacial score (nSPS) is 11.4. The summed E-state index contributed by atoms with van der Waals surface area (Å²) in [4.78, 5) is 27.5. The Labute approximate surface area is 165 Å². The number of rotatable bonds is 8. The Balaban J connectivity index is 1.84. The first-order chi connectivity index (χ1) is 13.6. The molecule has 0 spiro atoms. The average Bonchev–Trinajstić information content (AvgIpc) is 3.09. The molecular weight excluding hydrogens is 382 g/mol. The molecule has 3 aromatic rings. The molecule has 0 aliphatic carbocycles. The van der Waals surface area contributed by atoms with E-state index < -0.39 is 11.9 Å². The van der Waals surface area contributed by atoms with Crippen LogP contribution in [0.15, 0.2) is 63.1 Å². The molecule has 0 unspecified atom stereocenters. The number of carbonyl (C=O) groups is 2. The van der Waals surface area contributed by atoms with Crippen molar-refractivity contribution in [1.82, 2.24) is 4.98 Å². The summed E-state index contributed by atoms with van der Waals surface area (Å²) in [5, 5.41) is 9.80. The standard InChI is InChI=1S/C20H17NO6S/c1-2-25-18(22)12-26-15-9-5-3-7-13(15)11-17(19(23)24)28-20-21-14-8-4-6-10-16(14)27-20/h3-11H,2,12H2,1H3,(H,23,24)/b17-11-. The van der Waals surface area contributed by atoms with E-state index in [0.29, 0.717) is 22.4 Å². The van der Waals surface area contributed by atoms with Crippen LogP contribution in [-0.2, 0) is 14.3 Å². The third-order valence-electron chi connectivity index (χ3n) is 3.54. The van der Waals surface area contributed by atoms with Gasteiger partial charge in [0.2, 0.25) is 0 Å². The maximum Gasteiger partial charge on any atom is 0.344 e. The van der Waals surface area contributed by atoms with Crippen molar-refractivity contribution < 1.29 is 28.6 Å². The first-order valence-corrected chi connectivity index (χ1v) is 9.24. The predicted molar refractivity (Wildman–Crippen MR) is 104 cm³/mol. The fourth-order valence-electron chi connectivity index (χ4n) is 2.34. The molecule has 3 rings (SSSR count). The zero-order valence-electron chi connectivity index (χ0n) is 15.0. The minimum Gasteiger partial charge on any atom is -0.481 e. The molecule has 1 N–H and O–H groups in total. The number of ether oxygens (including phenoxy) is 2. The smallest absolute Gasteiger partial charge is 0.344 e. The second-order valence-electron chi connectivity index (χ2n) is 5.49. The third-order valence-corrected chi connectivity index (χ3v) is 4.40. The van der Waals surface area contributed by atoms with E-state index >= 15 is 0 Å². The summed E-state index contributed by atoms with van der Waals surface area (Å²) in [7, 11) is 0. The van der Waals surface area contributed by atoms with Crippen molar-refractivity contribution in [2.75, 3.05) is 13.2 Å². The first kappa shape index (κ1) is 19.5. The number of carbonyl (C=O) groups excluding carboxylic acids is 1. The van der Waals surface area contributed by atoms with E-state index in [4.69, 9.17) is 13.9 Å². The van der Waals surface area contributed by atoms with Gasteiger partial charge in [-0.25, -0.2) is 14.6 Å². The van der Waals surface area contributed by atoms with Crippen molar-refractivity contribution in [3.63, 3.8) is 0 Å². The molecule has 0 bridgehead atoms. The number of benzene rings is 2. The van der Waals surface area contributed by atoms with Crippen molar-refractivity contribution in [3.05, 3.63) is 59.0 Å². The van der Waals surface area contributed by atoms with Crippen LogP contribution in [0.2, 0.25) is 0 Å². The highest BCUT2D eigenvalue weighted by Gasteiger charge is 2.16. The van der Waals surface area contributed by atoms with E-state index in [2.05, 4.69) is 4.98 Å². The zero-order chi connectivity index (χ0) is 19.9. The molecule has 7 nitrogen and oxygen atoms in total. The van der Waals surface area contributed by atoms with Gasteiger partial charge in [-0.1, -0.05) is 30.3 Å². The van der Waals surface area contributed by atoms with Crippen LogP contribution >= 0.6 is 11.8 Å². The summed E-state index contributed by atoms with van der Waals surface area (Å²) in [5.74, 6) is -1.26. The molecule has 144 valence electrons. The van der Waals surface area contributed by atoms with Gasteiger partial charge in [0.25, 0.3) is 5.22 Å². The van der Waals surface area contributed by atoms with E-state index in [-0.39, 0.29) is 23.3 Å². The highest BCUT2D eigenvalue weighted by molar-refractivity contribution is 8.03. The maximum atomic E-state index is 11.7. The Morgan fingerprint density at radius 3 is 2.68 bits per heavy atom. The quantitative estimate of drug-likeness (QED) is 0.345. The fourth-order valence-corrected chi connectivity index (χ4v) is 3.07. The van der Waals surface area contributed by atoms with Gasteiger partial charge in [-0.3, -0.25) is 0 Å². The van der Waals surface area contributed by atoms with E-state index in [1.54, 1.807) is 43.3 Å². The lowest BCUT2D eigenvalue weighted by Gasteiger charge is -2.09. The molecule has 1 heterocycles. The number of carboxylic acids is 1. The van der Waals surface area contributed by atoms with Crippen molar-refractivity contribution in [2.24, 2.45) is 0 Å². The second kappa shape index (κ2) is 9.09. The molecule has 0 atom stereocenters. The minimum atomic E-state index is -1.13. The highest BCUT2D eigenvalue weighted by Crippen LogP contribution is 2.32. The van der Waals surface area contributed by atoms with Crippen LogP contribution in [0.1, 0.15) is 12.5 Å². The van der Waals surface area contributed by atoms with Crippen LogP contribution < -0.4 is 4.74 Å². The molecule has 0 radical (unpaired) electrons. The van der Waals surface area contributed by atoms with Crippen molar-refractivity contribution in [3.8, 4) is 5.75 Å². The van der Waals surface area contributed by atoms with Crippen LogP contribution in [0.25, 0.3) is 17.2 Å². The number of esters is 1. The SMILES string of the molecule is CCOC(=O)COc1ccccc1/C=C(\Sc1nc2ccccc2o1)C(=O)O. The van der Waals surface area contributed by atoms with E-state index in [0.717, 1.165) is 11.8 Å². The van der Waals surface area contributed by atoms with Gasteiger partial charge in [-0.15, -0.1) is 0 Å². The van der Waals surface area contributed by atoms with Gasteiger partial charge in [0, 0.05) is 5.56 Å². The lowest BCUT2D eigenvalue weighted by atomic mass is 10.2. The number of thioether (sulfide) groups is 1.